The molecule has 0 spiro atoms. The molecule has 0 N–H and O–H groups in total. The summed E-state index contributed by atoms with van der Waals surface area (Å²) in [4.78, 5) is 24.2. The van der Waals surface area contributed by atoms with Crippen LogP contribution in [0.25, 0.3) is 0 Å². The van der Waals surface area contributed by atoms with Crippen molar-refractivity contribution in [2.45, 2.75) is 18.9 Å². The van der Waals surface area contributed by atoms with E-state index in [1.54, 1.807) is 6.07 Å². The van der Waals surface area contributed by atoms with Crippen molar-refractivity contribution in [3.8, 4) is 5.75 Å². The molecule has 5 heteroatoms. The van der Waals surface area contributed by atoms with Crippen LogP contribution in [-0.2, 0) is 14.3 Å². The minimum Gasteiger partial charge on any atom is -0.453 e. The number of hydrogen-bond donors (Lipinski definition) is 0. The third-order valence-corrected chi connectivity index (χ3v) is 4.05. The molecule has 4 nitrogen and oxygen atoms in total. The average molecular weight is 378 g/mol. The maximum Gasteiger partial charge on any atom is 0.311 e. The lowest BCUT2D eigenvalue weighted by Gasteiger charge is -2.19. The van der Waals surface area contributed by atoms with Crippen LogP contribution in [0.1, 0.15) is 30.1 Å². The summed E-state index contributed by atoms with van der Waals surface area (Å²) in [6, 6.07) is 24.3. The molecular formula is C23H19FO4. The van der Waals surface area contributed by atoms with Gasteiger partial charge in [-0.3, -0.25) is 9.59 Å². The molecular weight excluding hydrogens is 359 g/mol. The number of benzene rings is 3. The summed E-state index contributed by atoms with van der Waals surface area (Å²) in [7, 11) is 0. The number of halogens is 1. The van der Waals surface area contributed by atoms with E-state index in [1.165, 1.54) is 18.2 Å². The molecule has 0 amide bonds. The molecule has 0 unspecified atom stereocenters. The largest absolute Gasteiger partial charge is 0.453 e. The highest BCUT2D eigenvalue weighted by Gasteiger charge is 2.20. The fraction of sp³-hybridized carbons (Fsp3) is 0.130. The van der Waals surface area contributed by atoms with Gasteiger partial charge in [0.05, 0.1) is 12.8 Å². The van der Waals surface area contributed by atoms with E-state index in [1.807, 2.05) is 60.7 Å². The number of carbonyl (C=O) groups is 2. The zero-order valence-electron chi connectivity index (χ0n) is 15.1. The molecule has 142 valence electrons. The smallest absolute Gasteiger partial charge is 0.311 e. The molecule has 0 bridgehead atoms. The molecule has 0 aliphatic rings. The molecule has 0 aromatic heterocycles. The van der Waals surface area contributed by atoms with Crippen LogP contribution in [0.15, 0.2) is 84.9 Å². The lowest BCUT2D eigenvalue weighted by Crippen LogP contribution is -2.16. The predicted octanol–water partition coefficient (Wildman–Crippen LogP) is 4.84. The van der Waals surface area contributed by atoms with Crippen LogP contribution in [0.2, 0.25) is 0 Å². The van der Waals surface area contributed by atoms with E-state index < -0.39 is 23.9 Å². The lowest BCUT2D eigenvalue weighted by atomic mass is 10.0. The molecule has 0 radical (unpaired) electrons. The second-order valence-electron chi connectivity index (χ2n) is 6.10. The van der Waals surface area contributed by atoms with E-state index in [-0.39, 0.29) is 18.6 Å². The molecule has 0 aliphatic heterocycles. The van der Waals surface area contributed by atoms with Gasteiger partial charge in [-0.1, -0.05) is 72.8 Å². The van der Waals surface area contributed by atoms with Gasteiger partial charge in [0, 0.05) is 0 Å². The molecule has 3 aromatic rings. The third kappa shape index (κ3) is 5.27. The van der Waals surface area contributed by atoms with Crippen molar-refractivity contribution in [2.24, 2.45) is 0 Å². The number of para-hydroxylation sites is 1. The third-order valence-electron chi connectivity index (χ3n) is 4.05. The Balaban J connectivity index is 1.61. The normalized spacial score (nSPS) is 10.5. The highest BCUT2D eigenvalue weighted by molar-refractivity contribution is 5.79. The lowest BCUT2D eigenvalue weighted by molar-refractivity contribution is -0.150. The molecule has 0 atom stereocenters. The molecule has 0 saturated carbocycles. The fourth-order valence-electron chi connectivity index (χ4n) is 2.68. The Bertz CT molecular complexity index is 886. The van der Waals surface area contributed by atoms with Gasteiger partial charge in [-0.2, -0.15) is 0 Å². The molecule has 28 heavy (non-hydrogen) atoms. The van der Waals surface area contributed by atoms with E-state index in [0.29, 0.717) is 0 Å². The van der Waals surface area contributed by atoms with Gasteiger partial charge in [0.2, 0.25) is 0 Å². The van der Waals surface area contributed by atoms with Crippen LogP contribution in [0, 0.1) is 5.82 Å². The van der Waals surface area contributed by atoms with Gasteiger partial charge < -0.3 is 9.47 Å². The Kier molecular flexibility index (Phi) is 6.52. The van der Waals surface area contributed by atoms with E-state index in [9.17, 15) is 14.0 Å². The van der Waals surface area contributed by atoms with Crippen molar-refractivity contribution in [3.05, 3.63) is 102 Å². The predicted molar refractivity (Wildman–Crippen MR) is 102 cm³/mol. The van der Waals surface area contributed by atoms with Crippen molar-refractivity contribution >= 4 is 11.9 Å². The molecule has 0 heterocycles. The summed E-state index contributed by atoms with van der Waals surface area (Å²) in [5, 5.41) is 0. The Hall–Kier alpha value is -3.47. The Labute approximate surface area is 162 Å². The summed E-state index contributed by atoms with van der Waals surface area (Å²) in [6.07, 6.45) is -0.940. The molecule has 0 fully saturated rings. The van der Waals surface area contributed by atoms with Gasteiger partial charge in [0.1, 0.15) is 0 Å². The highest BCUT2D eigenvalue weighted by atomic mass is 19.1. The van der Waals surface area contributed by atoms with Crippen molar-refractivity contribution in [3.63, 3.8) is 0 Å². The minimum atomic E-state index is -0.696. The summed E-state index contributed by atoms with van der Waals surface area (Å²) < 4.78 is 24.1. The van der Waals surface area contributed by atoms with Crippen LogP contribution < -0.4 is 4.74 Å². The van der Waals surface area contributed by atoms with E-state index in [4.69, 9.17) is 9.47 Å². The first-order chi connectivity index (χ1) is 13.6. The first-order valence-electron chi connectivity index (χ1n) is 8.88. The van der Waals surface area contributed by atoms with Crippen molar-refractivity contribution in [1.29, 1.82) is 0 Å². The number of rotatable bonds is 7. The molecule has 0 aliphatic carbocycles. The second kappa shape index (κ2) is 9.46. The zero-order chi connectivity index (χ0) is 19.8. The van der Waals surface area contributed by atoms with Crippen LogP contribution in [0.5, 0.6) is 5.75 Å². The topological polar surface area (TPSA) is 52.6 Å². The van der Waals surface area contributed by atoms with Gasteiger partial charge in [-0.15, -0.1) is 0 Å². The SMILES string of the molecule is O=C(CCC(=O)OC(c1ccccc1)c1ccccc1)Oc1ccccc1F. The van der Waals surface area contributed by atoms with Crippen LogP contribution >= 0.6 is 0 Å². The van der Waals surface area contributed by atoms with Crippen molar-refractivity contribution < 1.29 is 23.5 Å². The van der Waals surface area contributed by atoms with Crippen LogP contribution in [0.3, 0.4) is 0 Å². The highest BCUT2D eigenvalue weighted by Crippen LogP contribution is 2.26. The standard InChI is InChI=1S/C23H19FO4/c24-19-13-7-8-14-20(19)27-21(25)15-16-22(26)28-23(17-9-3-1-4-10-17)18-11-5-2-6-12-18/h1-14,23H,15-16H2. The van der Waals surface area contributed by atoms with Gasteiger partial charge in [0.25, 0.3) is 0 Å². The van der Waals surface area contributed by atoms with Gasteiger partial charge >= 0.3 is 11.9 Å². The molecule has 0 saturated heterocycles. The first-order valence-corrected chi connectivity index (χ1v) is 8.88. The molecule has 3 rings (SSSR count). The quantitative estimate of drug-likeness (QED) is 0.436. The molecule has 3 aromatic carbocycles. The first kappa shape index (κ1) is 19.3. The number of carbonyl (C=O) groups excluding carboxylic acids is 2. The number of hydrogen-bond acceptors (Lipinski definition) is 4. The van der Waals surface area contributed by atoms with Crippen LogP contribution in [-0.4, -0.2) is 11.9 Å². The summed E-state index contributed by atoms with van der Waals surface area (Å²) in [5.74, 6) is -2.03. The fourth-order valence-corrected chi connectivity index (χ4v) is 2.68. The van der Waals surface area contributed by atoms with Crippen LogP contribution in [0.4, 0.5) is 4.39 Å². The minimum absolute atomic E-state index is 0.160. The average Bonchev–Trinajstić information content (AvgIpc) is 2.73. The number of esters is 2. The maximum absolute atomic E-state index is 13.5. The second-order valence-corrected chi connectivity index (χ2v) is 6.10. The summed E-state index contributed by atoms with van der Waals surface area (Å²) in [6.45, 7) is 0. The summed E-state index contributed by atoms with van der Waals surface area (Å²) in [5.41, 5.74) is 1.66. The Morgan fingerprint density at radius 1 is 0.714 bits per heavy atom. The van der Waals surface area contributed by atoms with E-state index in [0.717, 1.165) is 11.1 Å². The summed E-state index contributed by atoms with van der Waals surface area (Å²) >= 11 is 0. The van der Waals surface area contributed by atoms with Gasteiger partial charge in [-0.05, 0) is 23.3 Å². The van der Waals surface area contributed by atoms with Crippen molar-refractivity contribution in [1.82, 2.24) is 0 Å². The maximum atomic E-state index is 13.5. The van der Waals surface area contributed by atoms with Crippen molar-refractivity contribution in [2.75, 3.05) is 0 Å². The number of ether oxygens (including phenoxy) is 2. The Morgan fingerprint density at radius 2 is 1.21 bits per heavy atom. The monoisotopic (exact) mass is 378 g/mol. The Morgan fingerprint density at radius 3 is 1.79 bits per heavy atom. The zero-order valence-corrected chi connectivity index (χ0v) is 15.1. The van der Waals surface area contributed by atoms with E-state index >= 15 is 0 Å². The van der Waals surface area contributed by atoms with Gasteiger partial charge in [0.15, 0.2) is 17.7 Å². The van der Waals surface area contributed by atoms with Gasteiger partial charge in [-0.25, -0.2) is 4.39 Å². The van der Waals surface area contributed by atoms with E-state index in [2.05, 4.69) is 0 Å².